The topological polar surface area (TPSA) is 55.6 Å². The molecule has 0 spiro atoms. The number of hydrogen-bond acceptors (Lipinski definition) is 5. The zero-order valence-electron chi connectivity index (χ0n) is 15.7. The minimum absolute atomic E-state index is 0.0294. The molecular formula is C22H20N2O3S. The second-order valence-corrected chi connectivity index (χ2v) is 7.53. The molecule has 5 nitrogen and oxygen atoms in total. The Morgan fingerprint density at radius 1 is 1.14 bits per heavy atom. The van der Waals surface area contributed by atoms with Crippen LogP contribution in [0.2, 0.25) is 0 Å². The van der Waals surface area contributed by atoms with Crippen molar-refractivity contribution in [1.29, 1.82) is 0 Å². The molecule has 0 bridgehead atoms. The van der Waals surface area contributed by atoms with Crippen LogP contribution >= 0.6 is 11.3 Å². The quantitative estimate of drug-likeness (QED) is 0.464. The highest BCUT2D eigenvalue weighted by Gasteiger charge is 2.22. The summed E-state index contributed by atoms with van der Waals surface area (Å²) in [7, 11) is 1.62. The molecule has 4 rings (SSSR count). The molecular weight excluding hydrogens is 372 g/mol. The minimum Gasteiger partial charge on any atom is -0.494 e. The first-order chi connectivity index (χ1) is 13.6. The number of thiazole rings is 1. The second kappa shape index (κ2) is 7.86. The molecule has 2 heterocycles. The Kier molecular flexibility index (Phi) is 5.12. The first kappa shape index (κ1) is 18.3. The molecule has 0 saturated heterocycles. The number of aromatic nitrogens is 1. The van der Waals surface area contributed by atoms with Crippen LogP contribution in [0.1, 0.15) is 16.9 Å². The molecule has 142 valence electrons. The van der Waals surface area contributed by atoms with E-state index in [0.717, 1.165) is 15.8 Å². The van der Waals surface area contributed by atoms with Crippen LogP contribution in [0, 0.1) is 6.92 Å². The lowest BCUT2D eigenvalue weighted by molar-refractivity contribution is -0.118. The fraction of sp³-hybridized carbons (Fsp3) is 0.182. The van der Waals surface area contributed by atoms with E-state index < -0.39 is 0 Å². The van der Waals surface area contributed by atoms with Crippen molar-refractivity contribution in [2.75, 3.05) is 12.0 Å². The van der Waals surface area contributed by atoms with E-state index in [1.165, 1.54) is 16.9 Å². The van der Waals surface area contributed by atoms with E-state index in [0.29, 0.717) is 29.6 Å². The Morgan fingerprint density at radius 2 is 1.96 bits per heavy atom. The molecule has 0 N–H and O–H groups in total. The summed E-state index contributed by atoms with van der Waals surface area (Å²) < 4.78 is 11.9. The molecule has 4 aromatic rings. The van der Waals surface area contributed by atoms with Crippen molar-refractivity contribution >= 4 is 32.6 Å². The zero-order valence-corrected chi connectivity index (χ0v) is 16.5. The van der Waals surface area contributed by atoms with Crippen molar-refractivity contribution in [3.05, 3.63) is 77.7 Å². The molecule has 1 amide bonds. The molecule has 2 aromatic carbocycles. The van der Waals surface area contributed by atoms with Gasteiger partial charge in [0, 0.05) is 0 Å². The van der Waals surface area contributed by atoms with Gasteiger partial charge in [-0.25, -0.2) is 4.98 Å². The predicted octanol–water partition coefficient (Wildman–Crippen LogP) is 4.98. The number of hydrogen-bond donors (Lipinski definition) is 0. The zero-order chi connectivity index (χ0) is 19.5. The maximum absolute atomic E-state index is 13.2. The summed E-state index contributed by atoms with van der Waals surface area (Å²) in [6, 6.07) is 17.5. The van der Waals surface area contributed by atoms with Gasteiger partial charge in [0.1, 0.15) is 17.0 Å². The number of nitrogens with zero attached hydrogens (tertiary/aromatic N) is 2. The number of benzene rings is 2. The lowest BCUT2D eigenvalue weighted by Gasteiger charge is -2.19. The number of rotatable bonds is 6. The van der Waals surface area contributed by atoms with Crippen molar-refractivity contribution < 1.29 is 13.9 Å². The largest absolute Gasteiger partial charge is 0.494 e. The van der Waals surface area contributed by atoms with Crippen LogP contribution in [-0.2, 0) is 17.8 Å². The van der Waals surface area contributed by atoms with Crippen LogP contribution in [0.5, 0.6) is 5.75 Å². The van der Waals surface area contributed by atoms with E-state index in [1.807, 2.05) is 61.5 Å². The fourth-order valence-corrected chi connectivity index (χ4v) is 3.99. The van der Waals surface area contributed by atoms with Gasteiger partial charge in [0.2, 0.25) is 5.91 Å². The van der Waals surface area contributed by atoms with Crippen LogP contribution < -0.4 is 9.64 Å². The molecule has 28 heavy (non-hydrogen) atoms. The summed E-state index contributed by atoms with van der Waals surface area (Å²) in [5.41, 5.74) is 2.90. The smallest absolute Gasteiger partial charge is 0.233 e. The number of carbonyl (C=O) groups is 1. The summed E-state index contributed by atoms with van der Waals surface area (Å²) in [6.45, 7) is 2.36. The monoisotopic (exact) mass is 392 g/mol. The van der Waals surface area contributed by atoms with Crippen LogP contribution in [0.25, 0.3) is 10.2 Å². The lowest BCUT2D eigenvalue weighted by atomic mass is 10.1. The van der Waals surface area contributed by atoms with Gasteiger partial charge in [0.15, 0.2) is 5.13 Å². The summed E-state index contributed by atoms with van der Waals surface area (Å²) in [5, 5.41) is 0.632. The van der Waals surface area contributed by atoms with Crippen molar-refractivity contribution in [3.8, 4) is 5.75 Å². The van der Waals surface area contributed by atoms with Crippen molar-refractivity contribution in [1.82, 2.24) is 4.98 Å². The highest BCUT2D eigenvalue weighted by atomic mass is 32.1. The van der Waals surface area contributed by atoms with Gasteiger partial charge in [0.05, 0.1) is 31.0 Å². The van der Waals surface area contributed by atoms with E-state index in [9.17, 15) is 4.79 Å². The van der Waals surface area contributed by atoms with Gasteiger partial charge in [0.25, 0.3) is 0 Å². The first-order valence-corrected chi connectivity index (χ1v) is 9.77. The Morgan fingerprint density at radius 3 is 2.68 bits per heavy atom. The molecule has 6 heteroatoms. The van der Waals surface area contributed by atoms with E-state index in [4.69, 9.17) is 14.1 Å². The summed E-state index contributed by atoms with van der Waals surface area (Å²) in [6.07, 6.45) is 1.91. The number of anilines is 1. The highest BCUT2D eigenvalue weighted by molar-refractivity contribution is 7.22. The molecule has 0 atom stereocenters. The van der Waals surface area contributed by atoms with E-state index in [1.54, 1.807) is 18.3 Å². The predicted molar refractivity (Wildman–Crippen MR) is 111 cm³/mol. The van der Waals surface area contributed by atoms with Crippen LogP contribution in [0.3, 0.4) is 0 Å². The molecule has 2 aromatic heterocycles. The Balaban J connectivity index is 1.68. The molecule has 0 unspecified atom stereocenters. The number of carbonyl (C=O) groups excluding carboxylic acids is 1. The van der Waals surface area contributed by atoms with E-state index in [2.05, 4.69) is 0 Å². The van der Waals surface area contributed by atoms with Crippen molar-refractivity contribution in [2.24, 2.45) is 0 Å². The summed E-state index contributed by atoms with van der Waals surface area (Å²) in [5.74, 6) is 1.38. The highest BCUT2D eigenvalue weighted by Crippen LogP contribution is 2.35. The average molecular weight is 392 g/mol. The Labute approximate surface area is 167 Å². The summed E-state index contributed by atoms with van der Waals surface area (Å²) in [4.78, 5) is 19.6. The van der Waals surface area contributed by atoms with Crippen LogP contribution in [0.15, 0.2) is 65.3 Å². The molecule has 0 saturated carbocycles. The number of para-hydroxylation sites is 1. The van der Waals surface area contributed by atoms with Crippen LogP contribution in [-0.4, -0.2) is 18.0 Å². The van der Waals surface area contributed by atoms with Gasteiger partial charge in [-0.2, -0.15) is 0 Å². The lowest BCUT2D eigenvalue weighted by Crippen LogP contribution is -2.31. The van der Waals surface area contributed by atoms with E-state index in [-0.39, 0.29) is 5.91 Å². The number of ether oxygens (including phenoxy) is 1. The van der Waals surface area contributed by atoms with E-state index >= 15 is 0 Å². The third kappa shape index (κ3) is 3.77. The minimum atomic E-state index is -0.0294. The van der Waals surface area contributed by atoms with Crippen LogP contribution in [0.4, 0.5) is 5.13 Å². The van der Waals surface area contributed by atoms with Crippen molar-refractivity contribution in [2.45, 2.75) is 19.9 Å². The maximum Gasteiger partial charge on any atom is 0.233 e. The summed E-state index contributed by atoms with van der Waals surface area (Å²) >= 11 is 1.47. The first-order valence-electron chi connectivity index (χ1n) is 8.96. The molecule has 0 aliphatic rings. The third-order valence-corrected chi connectivity index (χ3v) is 5.54. The second-order valence-electron chi connectivity index (χ2n) is 6.53. The van der Waals surface area contributed by atoms with Gasteiger partial charge in [-0.05, 0) is 36.8 Å². The SMILES string of the molecule is COc1cccc2sc(N(Cc3ccco3)C(=O)Cc3ccc(C)cc3)nc12. The molecule has 0 aliphatic carbocycles. The Hall–Kier alpha value is -3.12. The van der Waals surface area contributed by atoms with Gasteiger partial charge in [-0.15, -0.1) is 0 Å². The maximum atomic E-state index is 13.2. The number of aryl methyl sites for hydroxylation is 1. The van der Waals surface area contributed by atoms with Gasteiger partial charge in [-0.1, -0.05) is 47.2 Å². The molecule has 0 radical (unpaired) electrons. The number of amides is 1. The molecule has 0 fully saturated rings. The fourth-order valence-electron chi connectivity index (χ4n) is 2.99. The van der Waals surface area contributed by atoms with Gasteiger partial charge in [-0.3, -0.25) is 9.69 Å². The normalized spacial score (nSPS) is 10.9. The number of fused-ring (bicyclic) bond motifs is 1. The Bertz CT molecular complexity index is 1080. The van der Waals surface area contributed by atoms with Gasteiger partial charge >= 0.3 is 0 Å². The number of furan rings is 1. The molecule has 0 aliphatic heterocycles. The standard InChI is InChI=1S/C22H20N2O3S/c1-15-8-10-16(11-9-15)13-20(25)24(14-17-5-4-12-27-17)22-23-21-18(26-2)6-3-7-19(21)28-22/h3-12H,13-14H2,1-2H3. The van der Waals surface area contributed by atoms with Crippen molar-refractivity contribution in [3.63, 3.8) is 0 Å². The number of methoxy groups -OCH3 is 1. The van der Waals surface area contributed by atoms with Gasteiger partial charge < -0.3 is 9.15 Å². The third-order valence-electron chi connectivity index (χ3n) is 4.49. The average Bonchev–Trinajstić information content (AvgIpc) is 3.36.